The highest BCUT2D eigenvalue weighted by atomic mass is 32.2. The number of rotatable bonds is 4. The van der Waals surface area contributed by atoms with Crippen LogP contribution in [-0.4, -0.2) is 25.7 Å². The van der Waals surface area contributed by atoms with Gasteiger partial charge in [-0.15, -0.1) is 10.2 Å². The Morgan fingerprint density at radius 2 is 2.11 bits per heavy atom. The highest BCUT2D eigenvalue weighted by molar-refractivity contribution is 7.94. The molecule has 19 heavy (non-hydrogen) atoms. The van der Waals surface area contributed by atoms with Crippen molar-refractivity contribution in [3.05, 3.63) is 23.8 Å². The Balaban J connectivity index is 2.28. The van der Waals surface area contributed by atoms with Crippen molar-refractivity contribution in [3.63, 3.8) is 0 Å². The van der Waals surface area contributed by atoms with E-state index < -0.39 is 10.0 Å². The van der Waals surface area contributed by atoms with E-state index in [4.69, 9.17) is 10.5 Å². The van der Waals surface area contributed by atoms with Crippen LogP contribution in [0.1, 0.15) is 5.56 Å². The van der Waals surface area contributed by atoms with Gasteiger partial charge in [-0.1, -0.05) is 11.3 Å². The number of nitrogens with one attached hydrogen (secondary N) is 1. The summed E-state index contributed by atoms with van der Waals surface area (Å²) < 4.78 is 31.3. The lowest BCUT2D eigenvalue weighted by Gasteiger charge is -2.08. The fraction of sp³-hybridized carbons (Fsp3) is 0.200. The van der Waals surface area contributed by atoms with Crippen molar-refractivity contribution in [2.75, 3.05) is 17.6 Å². The largest absolute Gasteiger partial charge is 0.496 e. The minimum Gasteiger partial charge on any atom is -0.496 e. The number of hydrogen-bond acceptors (Lipinski definition) is 7. The highest BCUT2D eigenvalue weighted by Crippen LogP contribution is 2.24. The maximum atomic E-state index is 12.0. The predicted molar refractivity (Wildman–Crippen MR) is 72.9 cm³/mol. The summed E-state index contributed by atoms with van der Waals surface area (Å²) in [6.07, 6.45) is 0. The summed E-state index contributed by atoms with van der Waals surface area (Å²) in [5.74, 6) is 0.683. The zero-order valence-electron chi connectivity index (χ0n) is 10.2. The monoisotopic (exact) mass is 300 g/mol. The summed E-state index contributed by atoms with van der Waals surface area (Å²) in [4.78, 5) is 0. The molecule has 2 rings (SSSR count). The summed E-state index contributed by atoms with van der Waals surface area (Å²) >= 11 is 0.806. The Morgan fingerprint density at radius 1 is 1.37 bits per heavy atom. The van der Waals surface area contributed by atoms with E-state index in [1.165, 1.54) is 0 Å². The van der Waals surface area contributed by atoms with Crippen LogP contribution in [0.4, 0.5) is 10.8 Å². The molecule has 1 heterocycles. The number of benzene rings is 1. The van der Waals surface area contributed by atoms with E-state index in [0.29, 0.717) is 11.4 Å². The van der Waals surface area contributed by atoms with Gasteiger partial charge in [0.1, 0.15) is 5.75 Å². The van der Waals surface area contributed by atoms with Crippen molar-refractivity contribution < 1.29 is 13.2 Å². The van der Waals surface area contributed by atoms with Gasteiger partial charge in [0.2, 0.25) is 5.13 Å². The number of nitrogen functional groups attached to an aromatic ring is 1. The van der Waals surface area contributed by atoms with Crippen LogP contribution >= 0.6 is 11.3 Å². The van der Waals surface area contributed by atoms with Gasteiger partial charge in [-0.3, -0.25) is 4.72 Å². The van der Waals surface area contributed by atoms with Crippen LogP contribution in [0.25, 0.3) is 0 Å². The molecule has 9 heteroatoms. The molecule has 0 amide bonds. The summed E-state index contributed by atoms with van der Waals surface area (Å²) in [6.45, 7) is 1.82. The maximum absolute atomic E-state index is 12.0. The van der Waals surface area contributed by atoms with Gasteiger partial charge in [-0.2, -0.15) is 8.42 Å². The third kappa shape index (κ3) is 2.93. The molecule has 1 aromatic heterocycles. The van der Waals surface area contributed by atoms with Crippen LogP contribution in [0.2, 0.25) is 0 Å². The third-order valence-corrected chi connectivity index (χ3v) is 4.80. The molecule has 7 nitrogen and oxygen atoms in total. The molecule has 0 unspecified atom stereocenters. The average molecular weight is 300 g/mol. The van der Waals surface area contributed by atoms with Crippen LogP contribution in [0.3, 0.4) is 0 Å². The number of anilines is 2. The molecule has 0 atom stereocenters. The lowest BCUT2D eigenvalue weighted by Crippen LogP contribution is -2.12. The molecular weight excluding hydrogens is 288 g/mol. The smallest absolute Gasteiger partial charge is 0.291 e. The zero-order valence-corrected chi connectivity index (χ0v) is 11.9. The second-order valence-electron chi connectivity index (χ2n) is 3.70. The van der Waals surface area contributed by atoms with Crippen LogP contribution in [0.5, 0.6) is 5.75 Å². The number of aryl methyl sites for hydroxylation is 1. The Bertz CT molecular complexity index is 697. The highest BCUT2D eigenvalue weighted by Gasteiger charge is 2.19. The molecule has 0 fully saturated rings. The lowest BCUT2D eigenvalue weighted by atomic mass is 10.2. The van der Waals surface area contributed by atoms with Gasteiger partial charge in [0.05, 0.1) is 7.11 Å². The zero-order chi connectivity index (χ0) is 14.0. The van der Waals surface area contributed by atoms with E-state index in [9.17, 15) is 8.42 Å². The van der Waals surface area contributed by atoms with Crippen molar-refractivity contribution in [1.82, 2.24) is 10.2 Å². The van der Waals surface area contributed by atoms with Crippen molar-refractivity contribution >= 4 is 32.2 Å². The maximum Gasteiger partial charge on any atom is 0.291 e. The first kappa shape index (κ1) is 13.6. The van der Waals surface area contributed by atoms with Gasteiger partial charge in [0.15, 0.2) is 0 Å². The van der Waals surface area contributed by atoms with Gasteiger partial charge in [-0.25, -0.2) is 0 Å². The summed E-state index contributed by atoms with van der Waals surface area (Å²) in [6, 6.07) is 4.95. The molecule has 0 radical (unpaired) electrons. The molecule has 0 spiro atoms. The molecule has 2 aromatic rings. The number of aromatic nitrogens is 2. The molecule has 1 aromatic carbocycles. The van der Waals surface area contributed by atoms with Gasteiger partial charge in [0.25, 0.3) is 14.4 Å². The number of methoxy groups -OCH3 is 1. The quantitative estimate of drug-likeness (QED) is 0.879. The molecule has 3 N–H and O–H groups in total. The first-order valence-electron chi connectivity index (χ1n) is 5.19. The summed E-state index contributed by atoms with van der Waals surface area (Å²) in [5.41, 5.74) is 6.61. The molecule has 0 saturated heterocycles. The number of ether oxygens (including phenoxy) is 1. The van der Waals surface area contributed by atoms with Crippen molar-refractivity contribution in [2.45, 2.75) is 11.3 Å². The topological polar surface area (TPSA) is 107 Å². The van der Waals surface area contributed by atoms with Gasteiger partial charge < -0.3 is 10.5 Å². The Morgan fingerprint density at radius 3 is 2.63 bits per heavy atom. The van der Waals surface area contributed by atoms with E-state index in [2.05, 4.69) is 14.9 Å². The lowest BCUT2D eigenvalue weighted by molar-refractivity contribution is 0.412. The normalized spacial score (nSPS) is 11.3. The molecule has 0 aliphatic heterocycles. The van der Waals surface area contributed by atoms with E-state index in [-0.39, 0.29) is 9.47 Å². The average Bonchev–Trinajstić information content (AvgIpc) is 2.76. The standard InChI is InChI=1S/C10H12N4O3S2/c1-6-5-7(3-4-8(6)17-2)14-19(15,16)10-13-12-9(11)18-10/h3-5,14H,1-2H3,(H2,11,12). The second-order valence-corrected chi connectivity index (χ2v) is 6.56. The van der Waals surface area contributed by atoms with Crippen molar-refractivity contribution in [2.24, 2.45) is 0 Å². The van der Waals surface area contributed by atoms with Crippen LogP contribution < -0.4 is 15.2 Å². The van der Waals surface area contributed by atoms with E-state index in [1.54, 1.807) is 25.3 Å². The fourth-order valence-corrected chi connectivity index (χ4v) is 3.30. The van der Waals surface area contributed by atoms with Crippen LogP contribution in [0, 0.1) is 6.92 Å². The molecule has 0 saturated carbocycles. The van der Waals surface area contributed by atoms with Gasteiger partial charge in [0, 0.05) is 5.69 Å². The summed E-state index contributed by atoms with van der Waals surface area (Å²) in [5, 5.41) is 7.09. The molecular formula is C10H12N4O3S2. The van der Waals surface area contributed by atoms with Crippen LogP contribution in [-0.2, 0) is 10.0 Å². The second kappa shape index (κ2) is 5.02. The Kier molecular flexibility index (Phi) is 3.58. The van der Waals surface area contributed by atoms with Crippen molar-refractivity contribution in [1.29, 1.82) is 0 Å². The van der Waals surface area contributed by atoms with E-state index in [0.717, 1.165) is 16.9 Å². The molecule has 102 valence electrons. The number of nitrogens with zero attached hydrogens (tertiary/aromatic N) is 2. The molecule has 0 aliphatic carbocycles. The fourth-order valence-electron chi connectivity index (χ4n) is 1.47. The molecule has 0 bridgehead atoms. The van der Waals surface area contributed by atoms with Crippen molar-refractivity contribution in [3.8, 4) is 5.75 Å². The molecule has 0 aliphatic rings. The Labute approximate surface area is 114 Å². The SMILES string of the molecule is COc1ccc(NS(=O)(=O)c2nnc(N)s2)cc1C. The summed E-state index contributed by atoms with van der Waals surface area (Å²) in [7, 11) is -2.20. The van der Waals surface area contributed by atoms with E-state index in [1.807, 2.05) is 6.92 Å². The van der Waals surface area contributed by atoms with E-state index >= 15 is 0 Å². The third-order valence-electron chi connectivity index (χ3n) is 2.30. The number of nitrogens with two attached hydrogens (primary N) is 1. The minimum atomic E-state index is -3.75. The van der Waals surface area contributed by atoms with Gasteiger partial charge in [-0.05, 0) is 30.7 Å². The Hall–Kier alpha value is -1.87. The van der Waals surface area contributed by atoms with Crippen LogP contribution in [0.15, 0.2) is 22.5 Å². The number of hydrogen-bond donors (Lipinski definition) is 2. The van der Waals surface area contributed by atoms with Gasteiger partial charge >= 0.3 is 0 Å². The first-order valence-corrected chi connectivity index (χ1v) is 7.49. The first-order chi connectivity index (χ1) is 8.92. The minimum absolute atomic E-state index is 0.103. The predicted octanol–water partition coefficient (Wildman–Crippen LogP) is 1.24. The number of sulfonamides is 1.